The number of nitrogens with two attached hydrogens (primary N) is 1. The average Bonchev–Trinajstić information content (AvgIpc) is 3.32. The number of nitrogens with one attached hydrogen (secondary N) is 8. The maximum absolute atomic E-state index is 14.0. The molecule has 24 nitrogen and oxygen atoms in total. The molecule has 1 rings (SSSR count). The molecule has 0 aliphatic rings. The largest absolute Gasteiger partial charge is 0.481 e. The highest BCUT2D eigenvalue weighted by Crippen LogP contribution is 2.15. The van der Waals surface area contributed by atoms with Crippen LogP contribution < -0.4 is 48.3 Å². The lowest BCUT2D eigenvalue weighted by atomic mass is 9.96. The van der Waals surface area contributed by atoms with Gasteiger partial charge in [0.1, 0.15) is 48.3 Å². The maximum atomic E-state index is 14.0. The Morgan fingerprint density at radius 1 is 0.514 bits per heavy atom. The van der Waals surface area contributed by atoms with Gasteiger partial charge in [-0.3, -0.25) is 47.9 Å². The molecule has 0 bridgehead atoms. The van der Waals surface area contributed by atoms with E-state index in [0.29, 0.717) is 18.4 Å². The second-order valence-corrected chi connectivity index (χ2v) is 19.7. The Balaban J connectivity index is 3.34. The van der Waals surface area contributed by atoms with Gasteiger partial charge in [-0.1, -0.05) is 98.6 Å². The van der Waals surface area contributed by atoms with E-state index < -0.39 is 157 Å². The SMILES string of the molecule is CC[C@H](C)[C@H](NC(=O)[C@H](CS)NC(=O)[C@@H](NC(=O)[C@@H](NC(=O)[C@H](CC(C)C)NC(=O)[C@H](CC(=O)O)NC(=O)[C@@H](N)Cc1ccccc1)[C@@H](C)CC)[C@@H](C)O)C(=O)N[C@@H](CCC(=O)O)C(=O)N[C@@H](CC(C)C)C(=O)O. The molecule has 8 amide bonds. The van der Waals surface area contributed by atoms with Gasteiger partial charge in [0.15, 0.2) is 0 Å². The Morgan fingerprint density at radius 3 is 1.38 bits per heavy atom. The second-order valence-electron chi connectivity index (χ2n) is 19.4. The maximum Gasteiger partial charge on any atom is 0.326 e. The minimum Gasteiger partial charge on any atom is -0.481 e. The van der Waals surface area contributed by atoms with Crippen molar-refractivity contribution in [1.29, 1.82) is 0 Å². The van der Waals surface area contributed by atoms with Crippen molar-refractivity contribution in [2.24, 2.45) is 29.4 Å². The molecular formula is C49H79N9O15S. The first kappa shape index (κ1) is 65.7. The molecule has 0 aliphatic carbocycles. The van der Waals surface area contributed by atoms with Gasteiger partial charge in [0.2, 0.25) is 47.3 Å². The van der Waals surface area contributed by atoms with Crippen LogP contribution in [0.15, 0.2) is 30.3 Å². The van der Waals surface area contributed by atoms with Gasteiger partial charge in [0.25, 0.3) is 0 Å². The molecule has 0 unspecified atom stereocenters. The highest BCUT2D eigenvalue weighted by Gasteiger charge is 2.38. The number of aliphatic hydroxyl groups excluding tert-OH is 1. The van der Waals surface area contributed by atoms with E-state index >= 15 is 0 Å². The van der Waals surface area contributed by atoms with Crippen molar-refractivity contribution in [1.82, 2.24) is 42.5 Å². The molecule has 0 radical (unpaired) electrons. The molecule has 0 aromatic heterocycles. The Morgan fingerprint density at radius 2 is 0.919 bits per heavy atom. The van der Waals surface area contributed by atoms with Crippen LogP contribution in [0.2, 0.25) is 0 Å². The third kappa shape index (κ3) is 23.3. The molecule has 0 heterocycles. The zero-order valence-corrected chi connectivity index (χ0v) is 44.5. The summed E-state index contributed by atoms with van der Waals surface area (Å²) >= 11 is 4.20. The zero-order chi connectivity index (χ0) is 56.6. The standard InChI is InChI=1S/C49H79N9O15S/c1-10-26(7)38(46(69)51-31(17-18-36(60)61)42(65)54-34(49(72)73)20-25(5)6)57-45(68)35(23-74)55-48(71)40(28(9)59)58-47(70)39(27(8)11-2)56-44(67)32(19-24(3)4)53-43(66)33(22-37(62)63)52-41(64)30(50)21-29-15-13-12-14-16-29/h12-16,24-28,30-35,38-40,59,74H,10-11,17-23,50H2,1-9H3,(H,51,69)(H,52,64)(H,53,66)(H,54,65)(H,55,71)(H,56,67)(H,57,68)(H,58,70)(H,60,61)(H,62,63)(H,72,73)/t26-,27-,28+,30-,31-,32-,33-,34-,35-,38-,39-,40-/m0/s1. The number of rotatable bonds is 34. The number of aliphatic hydroxyl groups is 1. The van der Waals surface area contributed by atoms with Crippen molar-refractivity contribution < 1.29 is 73.2 Å². The van der Waals surface area contributed by atoms with E-state index in [2.05, 4.69) is 55.2 Å². The fourth-order valence-electron chi connectivity index (χ4n) is 7.38. The van der Waals surface area contributed by atoms with Crippen molar-refractivity contribution in [2.45, 2.75) is 174 Å². The lowest BCUT2D eigenvalue weighted by molar-refractivity contribution is -0.143. The van der Waals surface area contributed by atoms with E-state index in [0.717, 1.165) is 0 Å². The van der Waals surface area contributed by atoms with E-state index in [4.69, 9.17) is 5.73 Å². The van der Waals surface area contributed by atoms with E-state index in [9.17, 15) is 73.2 Å². The summed E-state index contributed by atoms with van der Waals surface area (Å²) in [6, 6.07) is -4.37. The van der Waals surface area contributed by atoms with Gasteiger partial charge < -0.3 is 68.7 Å². The molecule has 0 fully saturated rings. The predicted octanol–water partition coefficient (Wildman–Crippen LogP) is -0.646. The number of benzene rings is 1. The lowest BCUT2D eigenvalue weighted by Crippen LogP contribution is -2.63. The molecule has 0 saturated heterocycles. The van der Waals surface area contributed by atoms with Crippen molar-refractivity contribution in [3.63, 3.8) is 0 Å². The minimum atomic E-state index is -1.76. The van der Waals surface area contributed by atoms with Crippen molar-refractivity contribution in [2.75, 3.05) is 5.75 Å². The summed E-state index contributed by atoms with van der Waals surface area (Å²) in [6.07, 6.45) is -2.79. The van der Waals surface area contributed by atoms with Crippen molar-refractivity contribution in [3.05, 3.63) is 35.9 Å². The number of carbonyl (C=O) groups is 11. The van der Waals surface area contributed by atoms with Crippen molar-refractivity contribution >= 4 is 77.8 Å². The Hall–Kier alpha value is -6.34. The van der Waals surface area contributed by atoms with Gasteiger partial charge in [-0.15, -0.1) is 0 Å². The van der Waals surface area contributed by atoms with Crippen LogP contribution in [0.3, 0.4) is 0 Å². The second kappa shape index (κ2) is 32.8. The van der Waals surface area contributed by atoms with Crippen LogP contribution in [-0.2, 0) is 59.2 Å². The normalized spacial score (nSPS) is 16.1. The molecule has 0 spiro atoms. The van der Waals surface area contributed by atoms with Crippen LogP contribution in [-0.4, -0.2) is 152 Å². The Kier molecular flexibility index (Phi) is 29.1. The van der Waals surface area contributed by atoms with Gasteiger partial charge >= 0.3 is 17.9 Å². The first-order valence-electron chi connectivity index (χ1n) is 24.7. The summed E-state index contributed by atoms with van der Waals surface area (Å²) in [6.45, 7) is 14.7. The van der Waals surface area contributed by atoms with Crippen LogP contribution in [0.25, 0.3) is 0 Å². The molecule has 0 saturated carbocycles. The Bertz CT molecular complexity index is 2080. The van der Waals surface area contributed by atoms with Crippen LogP contribution in [0.5, 0.6) is 0 Å². The van der Waals surface area contributed by atoms with Gasteiger partial charge in [0, 0.05) is 12.2 Å². The number of hydrogen-bond acceptors (Lipinski definition) is 14. The summed E-state index contributed by atoms with van der Waals surface area (Å²) in [5.74, 6) is -13.7. The smallest absolute Gasteiger partial charge is 0.326 e. The van der Waals surface area contributed by atoms with Gasteiger partial charge in [-0.25, -0.2) is 4.79 Å². The number of amides is 8. The number of thiol groups is 1. The summed E-state index contributed by atoms with van der Waals surface area (Å²) in [7, 11) is 0. The predicted molar refractivity (Wildman–Crippen MR) is 274 cm³/mol. The molecule has 1 aromatic rings. The van der Waals surface area contributed by atoms with Gasteiger partial charge in [0.05, 0.1) is 18.6 Å². The highest BCUT2D eigenvalue weighted by molar-refractivity contribution is 7.80. The average molecular weight is 1070 g/mol. The molecule has 74 heavy (non-hydrogen) atoms. The van der Waals surface area contributed by atoms with Crippen LogP contribution in [0, 0.1) is 23.7 Å². The van der Waals surface area contributed by atoms with E-state index in [1.54, 1.807) is 85.7 Å². The topological polar surface area (TPSA) is 391 Å². The summed E-state index contributed by atoms with van der Waals surface area (Å²) in [5, 5.41) is 59.0. The van der Waals surface area contributed by atoms with Gasteiger partial charge in [-0.05, 0) is 61.8 Å². The molecule has 14 N–H and O–H groups in total. The highest BCUT2D eigenvalue weighted by atomic mass is 32.1. The molecule has 416 valence electrons. The molecule has 1 aromatic carbocycles. The lowest BCUT2D eigenvalue weighted by Gasteiger charge is -2.31. The van der Waals surface area contributed by atoms with E-state index in [-0.39, 0.29) is 36.9 Å². The van der Waals surface area contributed by atoms with Crippen molar-refractivity contribution in [3.8, 4) is 0 Å². The third-order valence-corrected chi connectivity index (χ3v) is 12.4. The van der Waals surface area contributed by atoms with Crippen LogP contribution in [0.1, 0.15) is 113 Å². The summed E-state index contributed by atoms with van der Waals surface area (Å²) in [5.41, 5.74) is 6.80. The third-order valence-electron chi connectivity index (χ3n) is 12.1. The summed E-state index contributed by atoms with van der Waals surface area (Å²) in [4.78, 5) is 145. The van der Waals surface area contributed by atoms with E-state index in [1.165, 1.54) is 6.92 Å². The zero-order valence-electron chi connectivity index (χ0n) is 43.6. The molecule has 0 aliphatic heterocycles. The van der Waals surface area contributed by atoms with E-state index in [1.807, 2.05) is 0 Å². The number of carboxylic acid groups (broad SMARTS) is 3. The fraction of sp³-hybridized carbons (Fsp3) is 0.653. The van der Waals surface area contributed by atoms with Gasteiger partial charge in [-0.2, -0.15) is 12.6 Å². The fourth-order valence-corrected chi connectivity index (χ4v) is 7.63. The molecule has 12 atom stereocenters. The number of hydrogen-bond donors (Lipinski definition) is 14. The first-order chi connectivity index (χ1) is 34.6. The Labute approximate surface area is 437 Å². The quantitative estimate of drug-likeness (QED) is 0.0382. The number of aliphatic carboxylic acids is 3. The van der Waals surface area contributed by atoms with Crippen LogP contribution >= 0.6 is 12.6 Å². The monoisotopic (exact) mass is 1070 g/mol. The number of carboxylic acids is 3. The first-order valence-corrected chi connectivity index (χ1v) is 25.4. The minimum absolute atomic E-state index is 0.00853. The van der Waals surface area contributed by atoms with Crippen LogP contribution in [0.4, 0.5) is 0 Å². The molecule has 25 heteroatoms. The molecular weight excluding hydrogens is 987 g/mol. The number of carbonyl (C=O) groups excluding carboxylic acids is 8. The summed E-state index contributed by atoms with van der Waals surface area (Å²) < 4.78 is 0.